The Labute approximate surface area is 208 Å². The molecule has 0 aliphatic carbocycles. The van der Waals surface area contributed by atoms with E-state index < -0.39 is 44.9 Å². The van der Waals surface area contributed by atoms with Crippen LogP contribution in [0, 0.1) is 0 Å². The quantitative estimate of drug-likeness (QED) is 0.128. The minimum Gasteiger partial charge on any atom is -0.261 e. The van der Waals surface area contributed by atoms with Crippen LogP contribution in [0.1, 0.15) is 5.56 Å². The Bertz CT molecular complexity index is 1400. The van der Waals surface area contributed by atoms with Crippen molar-refractivity contribution in [3.8, 4) is 22.3 Å². The summed E-state index contributed by atoms with van der Waals surface area (Å²) in [7, 11) is -6.77. The normalized spacial score (nSPS) is 13.9. The summed E-state index contributed by atoms with van der Waals surface area (Å²) in [6.07, 6.45) is -6.89. The summed E-state index contributed by atoms with van der Waals surface area (Å²) in [5, 5.41) is 1.91. The van der Waals surface area contributed by atoms with E-state index in [1.54, 1.807) is 42.5 Å². The van der Waals surface area contributed by atoms with Crippen molar-refractivity contribution in [1.82, 2.24) is 0 Å². The van der Waals surface area contributed by atoms with Crippen LogP contribution in [0.5, 0.6) is 0 Å². The second-order valence-corrected chi connectivity index (χ2v) is 9.10. The van der Waals surface area contributed by atoms with E-state index in [1.807, 2.05) is 17.3 Å². The molecule has 4 nitrogen and oxygen atoms in total. The molecule has 0 fully saturated rings. The Hall–Kier alpha value is -3.62. The van der Waals surface area contributed by atoms with Crippen LogP contribution in [0.3, 0.4) is 0 Å². The van der Waals surface area contributed by atoms with Crippen LogP contribution in [0.25, 0.3) is 22.3 Å². The molecule has 0 atom stereocenters. The molecule has 0 bridgehead atoms. The first-order valence-electron chi connectivity index (χ1n) is 10.1. The van der Waals surface area contributed by atoms with Crippen LogP contribution >= 0.6 is 0 Å². The highest BCUT2D eigenvalue weighted by molar-refractivity contribution is 7.87. The third-order valence-corrected chi connectivity index (χ3v) is 5.88. The van der Waals surface area contributed by atoms with Crippen molar-refractivity contribution in [2.75, 3.05) is 0 Å². The average molecular weight is 573 g/mol. The van der Waals surface area contributed by atoms with E-state index in [1.165, 1.54) is 0 Å². The molecular formula is C23H13F10NO3S. The smallest absolute Gasteiger partial charge is 0.261 e. The molecule has 0 N–H and O–H groups in total. The van der Waals surface area contributed by atoms with Gasteiger partial charge in [0, 0.05) is 5.56 Å². The van der Waals surface area contributed by atoms with E-state index in [9.17, 15) is 52.3 Å². The number of hydrogen-bond donors (Lipinski definition) is 0. The van der Waals surface area contributed by atoms with E-state index in [2.05, 4.69) is 4.28 Å². The molecule has 0 aliphatic rings. The van der Waals surface area contributed by atoms with E-state index in [-0.39, 0.29) is 5.56 Å². The first-order valence-corrected chi connectivity index (χ1v) is 11.5. The molecule has 3 aromatic carbocycles. The van der Waals surface area contributed by atoms with Gasteiger partial charge < -0.3 is 0 Å². The molecule has 0 saturated heterocycles. The Morgan fingerprint density at radius 2 is 1.00 bits per heavy atom. The van der Waals surface area contributed by atoms with E-state index >= 15 is 0 Å². The predicted octanol–water partition coefficient (Wildman–Crippen LogP) is 7.42. The van der Waals surface area contributed by atoms with Gasteiger partial charge in [-0.05, 0) is 22.3 Å². The maximum absolute atomic E-state index is 14.4. The van der Waals surface area contributed by atoms with Crippen molar-refractivity contribution in [2.24, 2.45) is 5.16 Å². The Morgan fingerprint density at radius 3 is 1.39 bits per heavy atom. The van der Waals surface area contributed by atoms with Gasteiger partial charge in [-0.3, -0.25) is 4.28 Å². The van der Waals surface area contributed by atoms with Gasteiger partial charge in [0.2, 0.25) is 0 Å². The van der Waals surface area contributed by atoms with E-state index in [0.717, 1.165) is 23.3 Å². The lowest BCUT2D eigenvalue weighted by atomic mass is 9.96. The molecule has 0 unspecified atom stereocenters. The summed E-state index contributed by atoms with van der Waals surface area (Å²) < 4.78 is 157. The minimum absolute atomic E-state index is 0.238. The van der Waals surface area contributed by atoms with Gasteiger partial charge in [-0.25, -0.2) is 0 Å². The SMILES string of the molecule is O=S(=O)(ON=C(c1ccc(-c2ccc(-c3ccccc3)cc2)cc1)C(F)(F)C(F)(F)C(F)(F)F)C(F)(F)F. The maximum atomic E-state index is 14.4. The fraction of sp³-hybridized carbons (Fsp3) is 0.174. The van der Waals surface area contributed by atoms with Crippen LogP contribution in [-0.2, 0) is 14.4 Å². The lowest BCUT2D eigenvalue weighted by Gasteiger charge is -2.28. The maximum Gasteiger partial charge on any atom is 0.536 e. The second-order valence-electron chi connectivity index (χ2n) is 7.58. The van der Waals surface area contributed by atoms with Crippen LogP contribution in [0.15, 0.2) is 84.0 Å². The zero-order valence-corrected chi connectivity index (χ0v) is 19.2. The highest BCUT2D eigenvalue weighted by Crippen LogP contribution is 2.48. The van der Waals surface area contributed by atoms with Gasteiger partial charge in [0.05, 0.1) is 0 Å². The van der Waals surface area contributed by atoms with Crippen LogP contribution in [0.4, 0.5) is 43.9 Å². The topological polar surface area (TPSA) is 55.7 Å². The zero-order chi connectivity index (χ0) is 28.6. The zero-order valence-electron chi connectivity index (χ0n) is 18.4. The Morgan fingerprint density at radius 1 is 0.605 bits per heavy atom. The van der Waals surface area contributed by atoms with Crippen molar-refractivity contribution in [1.29, 1.82) is 0 Å². The largest absolute Gasteiger partial charge is 0.536 e. The van der Waals surface area contributed by atoms with Gasteiger partial charge in [-0.15, -0.1) is 0 Å². The number of oxime groups is 1. The van der Waals surface area contributed by atoms with Crippen molar-refractivity contribution >= 4 is 15.8 Å². The lowest BCUT2D eigenvalue weighted by molar-refractivity contribution is -0.336. The third kappa shape index (κ3) is 5.61. The fourth-order valence-corrected chi connectivity index (χ4v) is 3.31. The number of benzene rings is 3. The summed E-state index contributed by atoms with van der Waals surface area (Å²) in [4.78, 5) is 0. The summed E-state index contributed by atoms with van der Waals surface area (Å²) in [5.41, 5.74) is -7.87. The summed E-state index contributed by atoms with van der Waals surface area (Å²) >= 11 is 0. The minimum atomic E-state index is -6.89. The number of nitrogens with zero attached hydrogens (tertiary/aromatic N) is 1. The molecule has 0 aliphatic heterocycles. The number of halogens is 10. The molecule has 0 amide bonds. The average Bonchev–Trinajstić information content (AvgIpc) is 2.83. The van der Waals surface area contributed by atoms with Gasteiger partial charge >= 0.3 is 33.6 Å². The summed E-state index contributed by atoms with van der Waals surface area (Å²) in [6.45, 7) is 0. The highest BCUT2D eigenvalue weighted by Gasteiger charge is 2.75. The predicted molar refractivity (Wildman–Crippen MR) is 116 cm³/mol. The molecule has 15 heteroatoms. The van der Waals surface area contributed by atoms with E-state index in [4.69, 9.17) is 0 Å². The molecule has 204 valence electrons. The van der Waals surface area contributed by atoms with Gasteiger partial charge in [0.15, 0.2) is 5.71 Å². The molecule has 3 rings (SSSR count). The van der Waals surface area contributed by atoms with Gasteiger partial charge in [-0.2, -0.15) is 52.3 Å². The molecule has 0 aromatic heterocycles. The monoisotopic (exact) mass is 573 g/mol. The van der Waals surface area contributed by atoms with Gasteiger partial charge in [0.25, 0.3) is 0 Å². The standard InChI is InChI=1S/C23H13F10NO3S/c24-20(25,21(26,27)22(28,29)30)19(34-37-38(35,36)23(31,32)33)18-12-10-17(11-13-18)16-8-6-15(7-9-16)14-4-2-1-3-5-14/h1-13H. The van der Waals surface area contributed by atoms with E-state index in [0.29, 0.717) is 17.7 Å². The summed E-state index contributed by atoms with van der Waals surface area (Å²) in [5.74, 6) is -13.2. The summed E-state index contributed by atoms with van der Waals surface area (Å²) in [6, 6.07) is 18.6. The Balaban J connectivity index is 2.03. The fourth-order valence-electron chi connectivity index (χ4n) is 3.05. The third-order valence-electron chi connectivity index (χ3n) is 5.04. The van der Waals surface area contributed by atoms with Crippen molar-refractivity contribution < 1.29 is 56.6 Å². The van der Waals surface area contributed by atoms with Crippen LogP contribution in [0.2, 0.25) is 0 Å². The Kier molecular flexibility index (Phi) is 7.56. The van der Waals surface area contributed by atoms with Gasteiger partial charge in [0.1, 0.15) is 0 Å². The van der Waals surface area contributed by atoms with Crippen LogP contribution < -0.4 is 0 Å². The molecule has 3 aromatic rings. The second kappa shape index (κ2) is 9.93. The van der Waals surface area contributed by atoms with Crippen molar-refractivity contribution in [3.63, 3.8) is 0 Å². The highest BCUT2D eigenvalue weighted by atomic mass is 32.2. The number of alkyl halides is 10. The molecule has 0 radical (unpaired) electrons. The van der Waals surface area contributed by atoms with Crippen molar-refractivity contribution in [2.45, 2.75) is 23.5 Å². The molecule has 38 heavy (non-hydrogen) atoms. The first-order chi connectivity index (χ1) is 17.4. The first kappa shape index (κ1) is 28.9. The molecular weight excluding hydrogens is 560 g/mol. The van der Waals surface area contributed by atoms with Crippen molar-refractivity contribution in [3.05, 3.63) is 84.4 Å². The van der Waals surface area contributed by atoms with Crippen LogP contribution in [-0.4, -0.2) is 37.7 Å². The number of hydrogen-bond acceptors (Lipinski definition) is 4. The molecule has 0 saturated carbocycles. The lowest BCUT2D eigenvalue weighted by Crippen LogP contribution is -2.56. The molecule has 0 spiro atoms. The van der Waals surface area contributed by atoms with Gasteiger partial charge in [-0.1, -0.05) is 84.0 Å². The molecule has 0 heterocycles. The number of rotatable bonds is 7.